The molecule has 1 rings (SSSR count). The first kappa shape index (κ1) is 9.79. The van der Waals surface area contributed by atoms with Gasteiger partial charge in [-0.05, 0) is 32.6 Å². The Bertz CT molecular complexity index is 271. The fraction of sp³-hybridized carbons (Fsp3) is 0.600. The molecule has 0 spiro atoms. The van der Waals surface area contributed by atoms with Crippen LogP contribution in [0.15, 0.2) is 11.6 Å². The van der Waals surface area contributed by atoms with Gasteiger partial charge in [0.15, 0.2) is 0 Å². The first-order chi connectivity index (χ1) is 6.13. The van der Waals surface area contributed by atoms with E-state index in [0.717, 1.165) is 5.57 Å². The summed E-state index contributed by atoms with van der Waals surface area (Å²) in [7, 11) is 0. The molecule has 1 N–H and O–H groups in total. The van der Waals surface area contributed by atoms with Crippen LogP contribution in [0.3, 0.4) is 0 Å². The molecule has 0 radical (unpaired) electrons. The monoisotopic (exact) mass is 178 g/mol. The minimum absolute atomic E-state index is 0.154. The van der Waals surface area contributed by atoms with E-state index >= 15 is 0 Å². The van der Waals surface area contributed by atoms with E-state index < -0.39 is 6.04 Å². The Morgan fingerprint density at radius 1 is 1.69 bits per heavy atom. The van der Waals surface area contributed by atoms with Crippen LogP contribution in [0.1, 0.15) is 26.7 Å². The summed E-state index contributed by atoms with van der Waals surface area (Å²) in [6.07, 6.45) is 4.00. The Balaban J connectivity index is 2.40. The standard InChI is InChI=1S/C10H14N2O/c1-7(9-3-4-9)5-10(13)12-8(2)6-11/h5,8-9H,3-4H2,1-2H3,(H,12,13)/b7-5-/t8-/m0/s1. The van der Waals surface area contributed by atoms with Crippen molar-refractivity contribution < 1.29 is 4.79 Å². The molecular formula is C10H14N2O. The number of nitrogens with one attached hydrogen (secondary N) is 1. The number of carbonyl (C=O) groups is 1. The molecule has 1 fully saturated rings. The van der Waals surface area contributed by atoms with Crippen LogP contribution in [-0.2, 0) is 4.79 Å². The molecule has 70 valence electrons. The molecule has 0 aromatic heterocycles. The third-order valence-electron chi connectivity index (χ3n) is 2.13. The normalized spacial score (nSPS) is 19.0. The van der Waals surface area contributed by atoms with Crippen LogP contribution in [-0.4, -0.2) is 11.9 Å². The molecule has 13 heavy (non-hydrogen) atoms. The van der Waals surface area contributed by atoms with Gasteiger partial charge >= 0.3 is 0 Å². The lowest BCUT2D eigenvalue weighted by Crippen LogP contribution is -2.29. The van der Waals surface area contributed by atoms with E-state index in [1.165, 1.54) is 12.8 Å². The zero-order chi connectivity index (χ0) is 9.84. The Labute approximate surface area is 78.4 Å². The Morgan fingerprint density at radius 3 is 2.77 bits per heavy atom. The van der Waals surface area contributed by atoms with Gasteiger partial charge in [0.2, 0.25) is 5.91 Å². The molecule has 0 unspecified atom stereocenters. The van der Waals surface area contributed by atoms with Crippen LogP contribution < -0.4 is 5.32 Å². The lowest BCUT2D eigenvalue weighted by molar-refractivity contribution is -0.116. The molecule has 0 aliphatic heterocycles. The molecular weight excluding hydrogens is 164 g/mol. The highest BCUT2D eigenvalue weighted by atomic mass is 16.1. The first-order valence-electron chi connectivity index (χ1n) is 4.51. The summed E-state index contributed by atoms with van der Waals surface area (Å²) in [5, 5.41) is 11.0. The maximum absolute atomic E-state index is 11.2. The first-order valence-corrected chi connectivity index (χ1v) is 4.51. The number of rotatable bonds is 3. The fourth-order valence-electron chi connectivity index (χ4n) is 1.15. The SMILES string of the molecule is C/C(=C/C(=O)N[C@@H](C)C#N)C1CC1. The summed E-state index contributed by atoms with van der Waals surface area (Å²) in [5.74, 6) is 0.460. The molecule has 0 saturated heterocycles. The molecule has 1 aliphatic rings. The van der Waals surface area contributed by atoms with Gasteiger partial charge < -0.3 is 5.32 Å². The predicted molar refractivity (Wildman–Crippen MR) is 49.7 cm³/mol. The van der Waals surface area contributed by atoms with Gasteiger partial charge in [-0.1, -0.05) is 5.57 Å². The molecule has 1 atom stereocenters. The number of amides is 1. The smallest absolute Gasteiger partial charge is 0.244 e. The van der Waals surface area contributed by atoms with Gasteiger partial charge in [0.05, 0.1) is 6.07 Å². The highest BCUT2D eigenvalue weighted by Gasteiger charge is 2.23. The second-order valence-corrected chi connectivity index (χ2v) is 3.52. The van der Waals surface area contributed by atoms with E-state index in [0.29, 0.717) is 5.92 Å². The highest BCUT2D eigenvalue weighted by molar-refractivity contribution is 5.88. The van der Waals surface area contributed by atoms with E-state index in [1.54, 1.807) is 13.0 Å². The van der Waals surface area contributed by atoms with E-state index in [9.17, 15) is 4.79 Å². The van der Waals surface area contributed by atoms with Crippen LogP contribution in [0.5, 0.6) is 0 Å². The van der Waals surface area contributed by atoms with Crippen LogP contribution >= 0.6 is 0 Å². The maximum atomic E-state index is 11.2. The molecule has 0 aromatic rings. The zero-order valence-electron chi connectivity index (χ0n) is 8.00. The van der Waals surface area contributed by atoms with E-state index in [4.69, 9.17) is 5.26 Å². The van der Waals surface area contributed by atoms with Gasteiger partial charge in [0.25, 0.3) is 0 Å². The van der Waals surface area contributed by atoms with E-state index in [2.05, 4.69) is 5.32 Å². The molecule has 0 aromatic carbocycles. The summed E-state index contributed by atoms with van der Waals surface area (Å²) in [6, 6.07) is 1.55. The largest absolute Gasteiger partial charge is 0.337 e. The molecule has 3 heteroatoms. The topological polar surface area (TPSA) is 52.9 Å². The second kappa shape index (κ2) is 4.08. The summed E-state index contributed by atoms with van der Waals surface area (Å²) in [6.45, 7) is 3.63. The molecule has 3 nitrogen and oxygen atoms in total. The third kappa shape index (κ3) is 3.29. The Morgan fingerprint density at radius 2 is 2.31 bits per heavy atom. The number of allylic oxidation sites excluding steroid dienone is 1. The number of nitriles is 1. The lowest BCUT2D eigenvalue weighted by atomic mass is 10.2. The van der Waals surface area contributed by atoms with Gasteiger partial charge in [-0.2, -0.15) is 5.26 Å². The fourth-order valence-corrected chi connectivity index (χ4v) is 1.15. The van der Waals surface area contributed by atoms with Crippen LogP contribution in [0.2, 0.25) is 0 Å². The Kier molecular flexibility index (Phi) is 3.07. The summed E-state index contributed by atoms with van der Waals surface area (Å²) in [5.41, 5.74) is 1.13. The minimum Gasteiger partial charge on any atom is -0.337 e. The summed E-state index contributed by atoms with van der Waals surface area (Å²) >= 11 is 0. The van der Waals surface area contributed by atoms with E-state index in [-0.39, 0.29) is 5.91 Å². The van der Waals surface area contributed by atoms with Crippen molar-refractivity contribution in [1.29, 1.82) is 5.26 Å². The zero-order valence-corrected chi connectivity index (χ0v) is 8.00. The summed E-state index contributed by atoms with van der Waals surface area (Å²) < 4.78 is 0. The van der Waals surface area contributed by atoms with Crippen molar-refractivity contribution in [3.63, 3.8) is 0 Å². The molecule has 0 heterocycles. The van der Waals surface area contributed by atoms with Crippen molar-refractivity contribution in [2.45, 2.75) is 32.7 Å². The third-order valence-corrected chi connectivity index (χ3v) is 2.13. The lowest BCUT2D eigenvalue weighted by Gasteiger charge is -2.03. The van der Waals surface area contributed by atoms with Gasteiger partial charge in [-0.25, -0.2) is 0 Å². The average molecular weight is 178 g/mol. The molecule has 1 amide bonds. The van der Waals surface area contributed by atoms with Crippen molar-refractivity contribution >= 4 is 5.91 Å². The predicted octanol–water partition coefficient (Wildman–Crippen LogP) is 1.37. The van der Waals surface area contributed by atoms with Crippen molar-refractivity contribution in [1.82, 2.24) is 5.32 Å². The Hall–Kier alpha value is -1.30. The minimum atomic E-state index is -0.407. The van der Waals surface area contributed by atoms with Crippen molar-refractivity contribution in [2.75, 3.05) is 0 Å². The van der Waals surface area contributed by atoms with Crippen molar-refractivity contribution in [3.05, 3.63) is 11.6 Å². The second-order valence-electron chi connectivity index (χ2n) is 3.52. The average Bonchev–Trinajstić information content (AvgIpc) is 2.85. The van der Waals surface area contributed by atoms with Crippen LogP contribution in [0.25, 0.3) is 0 Å². The summed E-state index contributed by atoms with van der Waals surface area (Å²) in [4.78, 5) is 11.2. The number of hydrogen-bond acceptors (Lipinski definition) is 2. The maximum Gasteiger partial charge on any atom is 0.244 e. The van der Waals surface area contributed by atoms with Crippen LogP contribution in [0.4, 0.5) is 0 Å². The molecule has 1 saturated carbocycles. The highest BCUT2D eigenvalue weighted by Crippen LogP contribution is 2.35. The van der Waals surface area contributed by atoms with Crippen molar-refractivity contribution in [3.8, 4) is 6.07 Å². The van der Waals surface area contributed by atoms with Gasteiger partial charge in [-0.3, -0.25) is 4.79 Å². The van der Waals surface area contributed by atoms with E-state index in [1.807, 2.05) is 13.0 Å². The number of hydrogen-bond donors (Lipinski definition) is 1. The van der Waals surface area contributed by atoms with Crippen molar-refractivity contribution in [2.24, 2.45) is 5.92 Å². The van der Waals surface area contributed by atoms with Crippen LogP contribution in [0, 0.1) is 17.2 Å². The quantitative estimate of drug-likeness (QED) is 0.663. The van der Waals surface area contributed by atoms with Gasteiger partial charge in [0.1, 0.15) is 6.04 Å². The number of carbonyl (C=O) groups excluding carboxylic acids is 1. The van der Waals surface area contributed by atoms with Gasteiger partial charge in [0, 0.05) is 6.08 Å². The number of nitrogens with zero attached hydrogens (tertiary/aromatic N) is 1. The van der Waals surface area contributed by atoms with Gasteiger partial charge in [-0.15, -0.1) is 0 Å². The molecule has 1 aliphatic carbocycles. The molecule has 0 bridgehead atoms.